The average Bonchev–Trinajstić information content (AvgIpc) is 2.45. The number of nitrogens with one attached hydrogen (secondary N) is 1. The third-order valence-corrected chi connectivity index (χ3v) is 4.22. The SMILES string of the molecule is CCN(CC(=O)O)C(=O)CCNS(=O)(=O)c1ccccc1. The van der Waals surface area contributed by atoms with Crippen molar-refractivity contribution >= 4 is 21.9 Å². The number of rotatable bonds is 8. The van der Waals surface area contributed by atoms with E-state index in [-0.39, 0.29) is 31.0 Å². The summed E-state index contributed by atoms with van der Waals surface area (Å²) in [5.41, 5.74) is 0. The molecule has 0 unspecified atom stereocenters. The summed E-state index contributed by atoms with van der Waals surface area (Å²) in [5.74, 6) is -1.51. The van der Waals surface area contributed by atoms with Gasteiger partial charge in [0.1, 0.15) is 6.54 Å². The molecule has 1 aromatic carbocycles. The second-order valence-corrected chi connectivity index (χ2v) is 6.03. The van der Waals surface area contributed by atoms with Crippen LogP contribution in [0.4, 0.5) is 0 Å². The van der Waals surface area contributed by atoms with Crippen LogP contribution in [-0.2, 0) is 19.6 Å². The molecule has 7 nitrogen and oxygen atoms in total. The van der Waals surface area contributed by atoms with Crippen LogP contribution in [0.1, 0.15) is 13.3 Å². The van der Waals surface area contributed by atoms with E-state index in [0.717, 1.165) is 4.90 Å². The van der Waals surface area contributed by atoms with Crippen molar-refractivity contribution in [2.45, 2.75) is 18.2 Å². The molecule has 0 aliphatic rings. The van der Waals surface area contributed by atoms with E-state index < -0.39 is 21.9 Å². The maximum absolute atomic E-state index is 11.9. The van der Waals surface area contributed by atoms with Crippen molar-refractivity contribution < 1.29 is 23.1 Å². The third kappa shape index (κ3) is 5.52. The van der Waals surface area contributed by atoms with E-state index in [0.29, 0.717) is 0 Å². The van der Waals surface area contributed by atoms with E-state index in [2.05, 4.69) is 4.72 Å². The monoisotopic (exact) mass is 314 g/mol. The van der Waals surface area contributed by atoms with Crippen molar-refractivity contribution in [2.75, 3.05) is 19.6 Å². The topological polar surface area (TPSA) is 104 Å². The van der Waals surface area contributed by atoms with Crippen LogP contribution in [0.2, 0.25) is 0 Å². The van der Waals surface area contributed by atoms with E-state index in [4.69, 9.17) is 5.11 Å². The molecule has 2 N–H and O–H groups in total. The normalized spacial score (nSPS) is 11.1. The zero-order chi connectivity index (χ0) is 15.9. The predicted molar refractivity (Wildman–Crippen MR) is 76.1 cm³/mol. The summed E-state index contributed by atoms with van der Waals surface area (Å²) in [6.45, 7) is 1.46. The number of likely N-dealkylation sites (N-methyl/N-ethyl adjacent to an activating group) is 1. The average molecular weight is 314 g/mol. The van der Waals surface area contributed by atoms with E-state index in [9.17, 15) is 18.0 Å². The molecule has 21 heavy (non-hydrogen) atoms. The summed E-state index contributed by atoms with van der Waals surface area (Å²) >= 11 is 0. The molecule has 0 atom stereocenters. The number of sulfonamides is 1. The number of nitrogens with zero attached hydrogens (tertiary/aromatic N) is 1. The van der Waals surface area contributed by atoms with Crippen LogP contribution >= 0.6 is 0 Å². The minimum Gasteiger partial charge on any atom is -0.480 e. The molecule has 0 aliphatic carbocycles. The molecule has 8 heteroatoms. The Balaban J connectivity index is 2.53. The number of carbonyl (C=O) groups excluding carboxylic acids is 1. The van der Waals surface area contributed by atoms with Crippen LogP contribution in [0.3, 0.4) is 0 Å². The fraction of sp³-hybridized carbons (Fsp3) is 0.385. The van der Waals surface area contributed by atoms with Crippen molar-refractivity contribution in [3.8, 4) is 0 Å². The quantitative estimate of drug-likeness (QED) is 0.717. The van der Waals surface area contributed by atoms with Crippen LogP contribution in [-0.4, -0.2) is 49.9 Å². The molecule has 0 saturated heterocycles. The smallest absolute Gasteiger partial charge is 0.323 e. The van der Waals surface area contributed by atoms with E-state index in [1.165, 1.54) is 12.1 Å². The Morgan fingerprint density at radius 2 is 1.86 bits per heavy atom. The highest BCUT2D eigenvalue weighted by molar-refractivity contribution is 7.89. The van der Waals surface area contributed by atoms with Gasteiger partial charge in [0.15, 0.2) is 0 Å². The first kappa shape index (κ1) is 17.1. The largest absolute Gasteiger partial charge is 0.480 e. The second-order valence-electron chi connectivity index (χ2n) is 4.26. The van der Waals surface area contributed by atoms with Gasteiger partial charge >= 0.3 is 5.97 Å². The van der Waals surface area contributed by atoms with Crippen LogP contribution in [0.25, 0.3) is 0 Å². The minimum absolute atomic E-state index is 0.0772. The van der Waals surface area contributed by atoms with Crippen molar-refractivity contribution in [1.82, 2.24) is 9.62 Å². The van der Waals surface area contributed by atoms with Crippen molar-refractivity contribution in [2.24, 2.45) is 0 Å². The first-order chi connectivity index (χ1) is 9.86. The molecule has 1 aromatic rings. The highest BCUT2D eigenvalue weighted by atomic mass is 32.2. The number of aliphatic carboxylic acids is 1. The first-order valence-electron chi connectivity index (χ1n) is 6.41. The van der Waals surface area contributed by atoms with Crippen molar-refractivity contribution in [1.29, 1.82) is 0 Å². The lowest BCUT2D eigenvalue weighted by atomic mass is 10.3. The summed E-state index contributed by atoms with van der Waals surface area (Å²) in [6.07, 6.45) is -0.0901. The summed E-state index contributed by atoms with van der Waals surface area (Å²) in [5, 5.41) is 8.66. The van der Waals surface area contributed by atoms with Crippen molar-refractivity contribution in [3.05, 3.63) is 30.3 Å². The molecule has 0 fully saturated rings. The van der Waals surface area contributed by atoms with Gasteiger partial charge in [0, 0.05) is 19.5 Å². The standard InChI is InChI=1S/C13H18N2O5S/c1-2-15(10-13(17)18)12(16)8-9-14-21(19,20)11-6-4-3-5-7-11/h3-7,14H,2,8-10H2,1H3,(H,17,18). The zero-order valence-electron chi connectivity index (χ0n) is 11.7. The Morgan fingerprint density at radius 1 is 1.24 bits per heavy atom. The minimum atomic E-state index is -3.65. The predicted octanol–water partition coefficient (Wildman–Crippen LogP) is 0.288. The summed E-state index contributed by atoms with van der Waals surface area (Å²) in [4.78, 5) is 23.6. The maximum Gasteiger partial charge on any atom is 0.323 e. The molecule has 0 aromatic heterocycles. The Labute approximate surface area is 123 Å². The fourth-order valence-electron chi connectivity index (χ4n) is 1.67. The number of benzene rings is 1. The lowest BCUT2D eigenvalue weighted by Crippen LogP contribution is -2.37. The lowest BCUT2D eigenvalue weighted by Gasteiger charge is -2.18. The number of carbonyl (C=O) groups is 2. The maximum atomic E-state index is 11.9. The molecule has 1 amide bonds. The summed E-state index contributed by atoms with van der Waals surface area (Å²) < 4.78 is 26.1. The highest BCUT2D eigenvalue weighted by Gasteiger charge is 2.17. The second kappa shape index (κ2) is 7.75. The third-order valence-electron chi connectivity index (χ3n) is 2.75. The molecule has 0 spiro atoms. The number of hydrogen-bond donors (Lipinski definition) is 2. The molecular formula is C13H18N2O5S. The molecule has 0 heterocycles. The van der Waals surface area contributed by atoms with Gasteiger partial charge in [0.2, 0.25) is 15.9 Å². The number of hydrogen-bond acceptors (Lipinski definition) is 4. The Kier molecular flexibility index (Phi) is 6.32. The number of carboxylic acids is 1. The van der Waals surface area contributed by atoms with Gasteiger partial charge in [-0.1, -0.05) is 18.2 Å². The Bertz CT molecular complexity index is 586. The van der Waals surface area contributed by atoms with Crippen LogP contribution in [0, 0.1) is 0 Å². The fourth-order valence-corrected chi connectivity index (χ4v) is 2.73. The van der Waals surface area contributed by atoms with Crippen LogP contribution in [0.15, 0.2) is 35.2 Å². The van der Waals surface area contributed by atoms with E-state index in [1.54, 1.807) is 25.1 Å². The van der Waals surface area contributed by atoms with Gasteiger partial charge in [-0.15, -0.1) is 0 Å². The molecular weight excluding hydrogens is 296 g/mol. The van der Waals surface area contributed by atoms with Crippen LogP contribution in [0.5, 0.6) is 0 Å². The molecule has 0 radical (unpaired) electrons. The van der Waals surface area contributed by atoms with Gasteiger partial charge in [-0.3, -0.25) is 9.59 Å². The Morgan fingerprint density at radius 3 is 2.38 bits per heavy atom. The van der Waals surface area contributed by atoms with Crippen molar-refractivity contribution in [3.63, 3.8) is 0 Å². The van der Waals surface area contributed by atoms with Crippen LogP contribution < -0.4 is 4.72 Å². The van der Waals surface area contributed by atoms with Gasteiger partial charge < -0.3 is 10.0 Å². The first-order valence-corrected chi connectivity index (χ1v) is 7.89. The molecule has 0 bridgehead atoms. The Hall–Kier alpha value is -1.93. The lowest BCUT2D eigenvalue weighted by molar-refractivity contribution is -0.144. The van der Waals surface area contributed by atoms with E-state index >= 15 is 0 Å². The van der Waals surface area contributed by atoms with Gasteiger partial charge in [-0.25, -0.2) is 13.1 Å². The van der Waals surface area contributed by atoms with E-state index in [1.807, 2.05) is 0 Å². The molecule has 0 saturated carbocycles. The summed E-state index contributed by atoms with van der Waals surface area (Å²) in [6, 6.07) is 7.81. The van der Waals surface area contributed by atoms with Gasteiger partial charge in [0.25, 0.3) is 0 Å². The number of carboxylic acid groups (broad SMARTS) is 1. The van der Waals surface area contributed by atoms with Gasteiger partial charge in [-0.2, -0.15) is 0 Å². The van der Waals surface area contributed by atoms with Gasteiger partial charge in [0.05, 0.1) is 4.90 Å². The highest BCUT2D eigenvalue weighted by Crippen LogP contribution is 2.07. The molecule has 0 aliphatic heterocycles. The molecule has 116 valence electrons. The van der Waals surface area contributed by atoms with Gasteiger partial charge in [-0.05, 0) is 19.1 Å². The number of amides is 1. The zero-order valence-corrected chi connectivity index (χ0v) is 12.5. The summed E-state index contributed by atoms with van der Waals surface area (Å²) in [7, 11) is -3.65. The molecule has 1 rings (SSSR count).